The molecule has 1 aromatic heterocycles. The Morgan fingerprint density at radius 3 is 2.56 bits per heavy atom. The van der Waals surface area contributed by atoms with E-state index in [1.165, 1.54) is 0 Å². The summed E-state index contributed by atoms with van der Waals surface area (Å²) in [5.74, 6) is 0.911. The van der Waals surface area contributed by atoms with Crippen LogP contribution in [-0.2, 0) is 0 Å². The topological polar surface area (TPSA) is 69.2 Å². The molecule has 0 saturated carbocycles. The molecule has 0 radical (unpaired) electrons. The summed E-state index contributed by atoms with van der Waals surface area (Å²) < 4.78 is 0. The number of nitrogens with zero attached hydrogens (tertiary/aromatic N) is 3. The van der Waals surface area contributed by atoms with Gasteiger partial charge in [0.05, 0.1) is 5.56 Å². The first kappa shape index (κ1) is 12.8. The van der Waals surface area contributed by atoms with Gasteiger partial charge in [0.1, 0.15) is 11.7 Å². The third kappa shape index (κ3) is 2.31. The van der Waals surface area contributed by atoms with Gasteiger partial charge >= 0.3 is 0 Å². The molecule has 1 aromatic rings. The highest BCUT2D eigenvalue weighted by molar-refractivity contribution is 5.99. The SMILES string of the molecule is CC1CN(c2ncccc2C(=N)N)CC(C)N1C. The van der Waals surface area contributed by atoms with E-state index < -0.39 is 0 Å². The van der Waals surface area contributed by atoms with Gasteiger partial charge in [-0.25, -0.2) is 4.98 Å². The fourth-order valence-corrected chi connectivity index (χ4v) is 2.44. The van der Waals surface area contributed by atoms with E-state index in [1.54, 1.807) is 6.20 Å². The molecule has 1 aliphatic heterocycles. The number of amidine groups is 1. The lowest BCUT2D eigenvalue weighted by molar-refractivity contribution is 0.169. The number of piperazine rings is 1. The molecular formula is C13H21N5. The summed E-state index contributed by atoms with van der Waals surface area (Å²) in [6.07, 6.45) is 1.76. The molecular weight excluding hydrogens is 226 g/mol. The predicted octanol–water partition coefficient (Wildman–Crippen LogP) is 0.894. The van der Waals surface area contributed by atoms with Crippen LogP contribution >= 0.6 is 0 Å². The first-order valence-electron chi connectivity index (χ1n) is 6.27. The molecule has 0 amide bonds. The fraction of sp³-hybridized carbons (Fsp3) is 0.538. The standard InChI is InChI=1S/C13H21N5/c1-9-7-18(8-10(2)17(9)3)13-11(12(14)15)5-4-6-16-13/h4-6,9-10H,7-8H2,1-3H3,(H3,14,15). The molecule has 0 bridgehead atoms. The number of rotatable bonds is 2. The Morgan fingerprint density at radius 1 is 1.39 bits per heavy atom. The molecule has 0 aromatic carbocycles. The number of hydrogen-bond donors (Lipinski definition) is 2. The Labute approximate surface area is 108 Å². The maximum absolute atomic E-state index is 7.64. The van der Waals surface area contributed by atoms with Crippen LogP contribution in [0.4, 0.5) is 5.82 Å². The molecule has 2 rings (SSSR count). The van der Waals surface area contributed by atoms with E-state index in [-0.39, 0.29) is 5.84 Å². The van der Waals surface area contributed by atoms with E-state index in [1.807, 2.05) is 12.1 Å². The number of likely N-dealkylation sites (N-methyl/N-ethyl adjacent to an activating group) is 1. The number of nitrogen functional groups attached to an aromatic ring is 1. The molecule has 0 aliphatic carbocycles. The van der Waals surface area contributed by atoms with Crippen LogP contribution in [-0.4, -0.2) is 47.9 Å². The van der Waals surface area contributed by atoms with Crippen LogP contribution in [0.15, 0.2) is 18.3 Å². The van der Waals surface area contributed by atoms with E-state index >= 15 is 0 Å². The zero-order valence-corrected chi connectivity index (χ0v) is 11.2. The summed E-state index contributed by atoms with van der Waals surface area (Å²) in [7, 11) is 2.15. The molecule has 98 valence electrons. The maximum atomic E-state index is 7.64. The number of nitrogens with one attached hydrogen (secondary N) is 1. The molecule has 5 heteroatoms. The summed E-state index contributed by atoms with van der Waals surface area (Å²) in [5, 5.41) is 7.64. The normalized spacial score (nSPS) is 25.2. The van der Waals surface area contributed by atoms with Gasteiger partial charge in [0, 0.05) is 31.4 Å². The zero-order chi connectivity index (χ0) is 13.3. The van der Waals surface area contributed by atoms with Crippen LogP contribution < -0.4 is 10.6 Å². The second kappa shape index (κ2) is 4.94. The lowest BCUT2D eigenvalue weighted by atomic mass is 10.1. The minimum absolute atomic E-state index is 0.0809. The summed E-state index contributed by atoms with van der Waals surface area (Å²) in [5.41, 5.74) is 6.35. The Balaban J connectivity index is 2.30. The van der Waals surface area contributed by atoms with E-state index in [0.29, 0.717) is 12.1 Å². The summed E-state index contributed by atoms with van der Waals surface area (Å²) in [6, 6.07) is 4.62. The predicted molar refractivity (Wildman–Crippen MR) is 74.2 cm³/mol. The van der Waals surface area contributed by atoms with Crippen LogP contribution in [0.25, 0.3) is 0 Å². The van der Waals surface area contributed by atoms with Gasteiger partial charge in [-0.2, -0.15) is 0 Å². The lowest BCUT2D eigenvalue weighted by Crippen LogP contribution is -2.55. The first-order chi connectivity index (χ1) is 8.50. The van der Waals surface area contributed by atoms with E-state index in [4.69, 9.17) is 11.1 Å². The molecule has 0 spiro atoms. The van der Waals surface area contributed by atoms with Crippen molar-refractivity contribution in [2.45, 2.75) is 25.9 Å². The minimum atomic E-state index is 0.0809. The zero-order valence-electron chi connectivity index (χ0n) is 11.2. The minimum Gasteiger partial charge on any atom is -0.384 e. The number of nitrogens with two attached hydrogens (primary N) is 1. The number of pyridine rings is 1. The fourth-order valence-electron chi connectivity index (χ4n) is 2.44. The Hall–Kier alpha value is -1.62. The second-order valence-corrected chi connectivity index (χ2v) is 5.06. The molecule has 2 unspecified atom stereocenters. The summed E-state index contributed by atoms with van der Waals surface area (Å²) in [6.45, 7) is 6.24. The number of hydrogen-bond acceptors (Lipinski definition) is 4. The highest BCUT2D eigenvalue weighted by Crippen LogP contribution is 2.22. The van der Waals surface area contributed by atoms with Gasteiger partial charge in [-0.05, 0) is 33.0 Å². The van der Waals surface area contributed by atoms with Crippen LogP contribution in [0, 0.1) is 5.41 Å². The van der Waals surface area contributed by atoms with Crippen molar-refractivity contribution in [2.75, 3.05) is 25.0 Å². The van der Waals surface area contributed by atoms with Crippen molar-refractivity contribution < 1.29 is 0 Å². The van der Waals surface area contributed by atoms with Crippen molar-refractivity contribution in [3.8, 4) is 0 Å². The van der Waals surface area contributed by atoms with Crippen molar-refractivity contribution in [3.63, 3.8) is 0 Å². The molecule has 18 heavy (non-hydrogen) atoms. The van der Waals surface area contributed by atoms with E-state index in [0.717, 1.165) is 24.5 Å². The molecule has 1 aliphatic rings. The smallest absolute Gasteiger partial charge is 0.139 e. The van der Waals surface area contributed by atoms with Crippen molar-refractivity contribution in [2.24, 2.45) is 5.73 Å². The average Bonchev–Trinajstić information content (AvgIpc) is 2.35. The summed E-state index contributed by atoms with van der Waals surface area (Å²) >= 11 is 0. The Morgan fingerprint density at radius 2 is 2.00 bits per heavy atom. The van der Waals surface area contributed by atoms with Crippen LogP contribution in [0.2, 0.25) is 0 Å². The average molecular weight is 247 g/mol. The van der Waals surface area contributed by atoms with Crippen molar-refractivity contribution in [3.05, 3.63) is 23.9 Å². The van der Waals surface area contributed by atoms with Crippen molar-refractivity contribution in [1.29, 1.82) is 5.41 Å². The summed E-state index contributed by atoms with van der Waals surface area (Å²) in [4.78, 5) is 9.00. The van der Waals surface area contributed by atoms with Crippen LogP contribution in [0.3, 0.4) is 0 Å². The van der Waals surface area contributed by atoms with Gasteiger partial charge < -0.3 is 10.6 Å². The van der Waals surface area contributed by atoms with E-state index in [9.17, 15) is 0 Å². The molecule has 5 nitrogen and oxygen atoms in total. The van der Waals surface area contributed by atoms with Gasteiger partial charge in [0.15, 0.2) is 0 Å². The molecule has 2 heterocycles. The quantitative estimate of drug-likeness (QED) is 0.601. The number of anilines is 1. The van der Waals surface area contributed by atoms with Gasteiger partial charge in [0.25, 0.3) is 0 Å². The third-order valence-corrected chi connectivity index (χ3v) is 3.74. The Kier molecular flexibility index (Phi) is 3.52. The monoisotopic (exact) mass is 247 g/mol. The highest BCUT2D eigenvalue weighted by atomic mass is 15.3. The molecule has 3 N–H and O–H groups in total. The van der Waals surface area contributed by atoms with E-state index in [2.05, 4.69) is 35.7 Å². The number of aromatic nitrogens is 1. The van der Waals surface area contributed by atoms with Gasteiger partial charge in [-0.1, -0.05) is 0 Å². The largest absolute Gasteiger partial charge is 0.384 e. The lowest BCUT2D eigenvalue weighted by Gasteiger charge is -2.43. The highest BCUT2D eigenvalue weighted by Gasteiger charge is 2.28. The van der Waals surface area contributed by atoms with Gasteiger partial charge in [-0.3, -0.25) is 10.3 Å². The maximum Gasteiger partial charge on any atom is 0.139 e. The van der Waals surface area contributed by atoms with Crippen LogP contribution in [0.1, 0.15) is 19.4 Å². The third-order valence-electron chi connectivity index (χ3n) is 3.74. The second-order valence-electron chi connectivity index (χ2n) is 5.06. The van der Waals surface area contributed by atoms with Crippen molar-refractivity contribution in [1.82, 2.24) is 9.88 Å². The van der Waals surface area contributed by atoms with Crippen LogP contribution in [0.5, 0.6) is 0 Å². The molecule has 1 saturated heterocycles. The Bertz CT molecular complexity index is 433. The molecule has 2 atom stereocenters. The molecule has 1 fully saturated rings. The van der Waals surface area contributed by atoms with Gasteiger partial charge in [0.2, 0.25) is 0 Å². The first-order valence-corrected chi connectivity index (χ1v) is 6.27. The van der Waals surface area contributed by atoms with Gasteiger partial charge in [-0.15, -0.1) is 0 Å². The van der Waals surface area contributed by atoms with Crippen molar-refractivity contribution >= 4 is 11.7 Å².